The molecule has 0 saturated carbocycles. The van der Waals surface area contributed by atoms with Crippen LogP contribution in [0.4, 0.5) is 0 Å². The maximum Gasteiger partial charge on any atom is 0.337 e. The van der Waals surface area contributed by atoms with Gasteiger partial charge in [0.2, 0.25) is 0 Å². The fourth-order valence-electron chi connectivity index (χ4n) is 1.51. The lowest BCUT2D eigenvalue weighted by Gasteiger charge is -2.12. The summed E-state index contributed by atoms with van der Waals surface area (Å²) < 4.78 is 9.24. The fourth-order valence-corrected chi connectivity index (χ4v) is 1.51. The van der Waals surface area contributed by atoms with Crippen LogP contribution in [-0.4, -0.2) is 37.9 Å². The van der Waals surface area contributed by atoms with Crippen LogP contribution >= 0.6 is 0 Å². The Bertz CT molecular complexity index is 418. The predicted octanol–water partition coefficient (Wildman–Crippen LogP) is 1.36. The van der Waals surface area contributed by atoms with E-state index < -0.39 is 11.9 Å². The largest absolute Gasteiger partial charge is 0.465 e. The molecule has 0 heterocycles. The molecule has 0 saturated heterocycles. The normalized spacial score (nSPS) is 11.8. The van der Waals surface area contributed by atoms with Gasteiger partial charge in [0.25, 0.3) is 0 Å². The third-order valence-corrected chi connectivity index (χ3v) is 2.64. The second-order valence-electron chi connectivity index (χ2n) is 3.91. The van der Waals surface area contributed by atoms with Crippen molar-refractivity contribution in [2.45, 2.75) is 12.8 Å². The molecule has 5 nitrogen and oxygen atoms in total. The number of aliphatic hydroxyl groups excluding tert-OH is 1. The van der Waals surface area contributed by atoms with Crippen molar-refractivity contribution in [2.24, 2.45) is 0 Å². The Hall–Kier alpha value is -1.88. The molecule has 0 spiro atoms. The fraction of sp³-hybridized carbons (Fsp3) is 0.385. The number of ether oxygens (including phenoxy) is 2. The third kappa shape index (κ3) is 3.07. The number of carbonyl (C=O) groups excluding carboxylic acids is 2. The molecule has 1 aromatic rings. The van der Waals surface area contributed by atoms with Gasteiger partial charge in [-0.3, -0.25) is 0 Å². The first-order valence-electron chi connectivity index (χ1n) is 5.46. The molecule has 1 atom stereocenters. The molecule has 0 aromatic heterocycles. The summed E-state index contributed by atoms with van der Waals surface area (Å²) in [7, 11) is 2.53. The molecule has 0 fully saturated rings. The lowest BCUT2D eigenvalue weighted by Crippen LogP contribution is -2.10. The van der Waals surface area contributed by atoms with Gasteiger partial charge in [0.1, 0.15) is 0 Å². The van der Waals surface area contributed by atoms with Crippen molar-refractivity contribution in [3.8, 4) is 0 Å². The maximum absolute atomic E-state index is 11.5. The second-order valence-corrected chi connectivity index (χ2v) is 3.91. The zero-order chi connectivity index (χ0) is 13.7. The highest BCUT2D eigenvalue weighted by Gasteiger charge is 2.16. The van der Waals surface area contributed by atoms with E-state index >= 15 is 0 Å². The lowest BCUT2D eigenvalue weighted by molar-refractivity contribution is 0.0599. The van der Waals surface area contributed by atoms with Crippen molar-refractivity contribution in [1.29, 1.82) is 0 Å². The van der Waals surface area contributed by atoms with Gasteiger partial charge >= 0.3 is 11.9 Å². The summed E-state index contributed by atoms with van der Waals surface area (Å²) in [4.78, 5) is 23.0. The Morgan fingerprint density at radius 2 is 1.56 bits per heavy atom. The highest BCUT2D eigenvalue weighted by atomic mass is 16.5. The molecule has 18 heavy (non-hydrogen) atoms. The topological polar surface area (TPSA) is 72.8 Å². The number of aliphatic hydroxyl groups is 1. The molecule has 1 unspecified atom stereocenters. The second kappa shape index (κ2) is 6.16. The number of hydrogen-bond acceptors (Lipinski definition) is 5. The van der Waals surface area contributed by atoms with Gasteiger partial charge in [-0.25, -0.2) is 9.59 Å². The van der Waals surface area contributed by atoms with Crippen LogP contribution in [0.25, 0.3) is 0 Å². The van der Waals surface area contributed by atoms with Gasteiger partial charge in [-0.1, -0.05) is 6.92 Å². The molecule has 0 bridgehead atoms. The summed E-state index contributed by atoms with van der Waals surface area (Å²) in [6.45, 7) is 1.71. The molecule has 0 amide bonds. The van der Waals surface area contributed by atoms with E-state index in [1.807, 2.05) is 0 Å². The number of rotatable bonds is 4. The van der Waals surface area contributed by atoms with Crippen LogP contribution in [0.3, 0.4) is 0 Å². The SMILES string of the molecule is COC(=O)c1cc(C(=O)OC)cc(C(C)CO)c1. The van der Waals surface area contributed by atoms with E-state index in [4.69, 9.17) is 5.11 Å². The van der Waals surface area contributed by atoms with Crippen LogP contribution in [0.1, 0.15) is 39.1 Å². The summed E-state index contributed by atoms with van der Waals surface area (Å²) in [5.74, 6) is -1.25. The molecule has 0 aliphatic carbocycles. The molecule has 1 aromatic carbocycles. The molecule has 1 rings (SSSR count). The van der Waals surface area contributed by atoms with Crippen LogP contribution < -0.4 is 0 Å². The Labute approximate surface area is 105 Å². The monoisotopic (exact) mass is 252 g/mol. The standard InChI is InChI=1S/C13H16O5/c1-8(7-14)9-4-10(12(15)17-2)6-11(5-9)13(16)18-3/h4-6,8,14H,7H2,1-3H3. The summed E-state index contributed by atoms with van der Waals surface area (Å²) >= 11 is 0. The van der Waals surface area contributed by atoms with Gasteiger partial charge < -0.3 is 14.6 Å². The van der Waals surface area contributed by atoms with Crippen molar-refractivity contribution in [3.63, 3.8) is 0 Å². The molecule has 5 heteroatoms. The van der Waals surface area contributed by atoms with Crippen molar-refractivity contribution in [3.05, 3.63) is 34.9 Å². The quantitative estimate of drug-likeness (QED) is 0.819. The Kier molecular flexibility index (Phi) is 4.85. The molecule has 0 aliphatic rings. The van der Waals surface area contributed by atoms with E-state index in [9.17, 15) is 9.59 Å². The van der Waals surface area contributed by atoms with E-state index in [1.165, 1.54) is 20.3 Å². The summed E-state index contributed by atoms with van der Waals surface area (Å²) in [5.41, 5.74) is 1.20. The first-order valence-corrected chi connectivity index (χ1v) is 5.46. The number of carbonyl (C=O) groups is 2. The van der Waals surface area contributed by atoms with E-state index in [0.29, 0.717) is 5.56 Å². The minimum Gasteiger partial charge on any atom is -0.465 e. The van der Waals surface area contributed by atoms with Crippen molar-refractivity contribution in [1.82, 2.24) is 0 Å². The third-order valence-electron chi connectivity index (χ3n) is 2.64. The Morgan fingerprint density at radius 3 is 1.89 bits per heavy atom. The maximum atomic E-state index is 11.5. The number of benzene rings is 1. The van der Waals surface area contributed by atoms with Crippen LogP contribution in [0.5, 0.6) is 0 Å². The zero-order valence-electron chi connectivity index (χ0n) is 10.6. The zero-order valence-corrected chi connectivity index (χ0v) is 10.6. The summed E-state index contributed by atoms with van der Waals surface area (Å²) in [6, 6.07) is 4.60. The van der Waals surface area contributed by atoms with Gasteiger partial charge in [-0.05, 0) is 23.8 Å². The van der Waals surface area contributed by atoms with Crippen molar-refractivity contribution < 1.29 is 24.2 Å². The molecular weight excluding hydrogens is 236 g/mol. The molecular formula is C13H16O5. The minimum absolute atomic E-state index is 0.0781. The number of methoxy groups -OCH3 is 2. The van der Waals surface area contributed by atoms with Crippen LogP contribution in [0, 0.1) is 0 Å². The van der Waals surface area contributed by atoms with E-state index in [-0.39, 0.29) is 23.7 Å². The first kappa shape index (κ1) is 14.2. The van der Waals surface area contributed by atoms with Gasteiger partial charge in [-0.15, -0.1) is 0 Å². The van der Waals surface area contributed by atoms with Gasteiger partial charge in [0, 0.05) is 12.5 Å². The smallest absolute Gasteiger partial charge is 0.337 e. The van der Waals surface area contributed by atoms with Crippen molar-refractivity contribution in [2.75, 3.05) is 20.8 Å². The molecule has 98 valence electrons. The first-order chi connectivity index (χ1) is 8.53. The molecule has 0 aliphatic heterocycles. The highest BCUT2D eigenvalue weighted by Crippen LogP contribution is 2.20. The lowest BCUT2D eigenvalue weighted by atomic mass is 9.97. The van der Waals surface area contributed by atoms with E-state index in [2.05, 4.69) is 9.47 Å². The van der Waals surface area contributed by atoms with Gasteiger partial charge in [0.15, 0.2) is 0 Å². The van der Waals surface area contributed by atoms with Gasteiger partial charge in [-0.2, -0.15) is 0 Å². The van der Waals surface area contributed by atoms with Crippen LogP contribution in [0.15, 0.2) is 18.2 Å². The van der Waals surface area contributed by atoms with E-state index in [1.54, 1.807) is 19.1 Å². The Morgan fingerprint density at radius 1 is 1.11 bits per heavy atom. The van der Waals surface area contributed by atoms with Crippen molar-refractivity contribution >= 4 is 11.9 Å². The van der Waals surface area contributed by atoms with Gasteiger partial charge in [0.05, 0.1) is 25.3 Å². The summed E-state index contributed by atoms with van der Waals surface area (Å²) in [5, 5.41) is 9.13. The highest BCUT2D eigenvalue weighted by molar-refractivity contribution is 5.95. The number of hydrogen-bond donors (Lipinski definition) is 1. The molecule has 0 radical (unpaired) electrons. The minimum atomic E-state index is -0.535. The average Bonchev–Trinajstić information content (AvgIpc) is 2.43. The molecule has 1 N–H and O–H groups in total. The average molecular weight is 252 g/mol. The van der Waals surface area contributed by atoms with Crippen LogP contribution in [-0.2, 0) is 9.47 Å². The Balaban J connectivity index is 3.28. The number of esters is 2. The van der Waals surface area contributed by atoms with E-state index in [0.717, 1.165) is 0 Å². The predicted molar refractivity (Wildman–Crippen MR) is 64.6 cm³/mol. The van der Waals surface area contributed by atoms with Crippen LogP contribution in [0.2, 0.25) is 0 Å². The summed E-state index contributed by atoms with van der Waals surface area (Å²) in [6.07, 6.45) is 0.